The van der Waals surface area contributed by atoms with E-state index in [2.05, 4.69) is 10.0 Å². The first-order chi connectivity index (χ1) is 8.49. The van der Waals surface area contributed by atoms with Crippen LogP contribution in [0.1, 0.15) is 26.2 Å². The highest BCUT2D eigenvalue weighted by Crippen LogP contribution is 2.23. The Hall–Kier alpha value is -0.210. The van der Waals surface area contributed by atoms with Gasteiger partial charge in [-0.1, -0.05) is 6.92 Å². The van der Waals surface area contributed by atoms with Gasteiger partial charge in [0.1, 0.15) is 0 Å². The van der Waals surface area contributed by atoms with Crippen molar-refractivity contribution in [2.75, 3.05) is 33.8 Å². The van der Waals surface area contributed by atoms with Gasteiger partial charge in [0.15, 0.2) is 0 Å². The van der Waals surface area contributed by atoms with E-state index in [1.165, 1.54) is 4.31 Å². The lowest BCUT2D eigenvalue weighted by Gasteiger charge is -2.35. The molecular weight excluding hydrogens is 254 g/mol. The molecule has 6 nitrogen and oxygen atoms in total. The van der Waals surface area contributed by atoms with Gasteiger partial charge in [-0.25, -0.2) is 0 Å². The van der Waals surface area contributed by atoms with Crippen LogP contribution < -0.4 is 10.0 Å². The summed E-state index contributed by atoms with van der Waals surface area (Å²) in [6.45, 7) is 4.31. The molecule has 2 N–H and O–H groups in total. The zero-order valence-corrected chi connectivity index (χ0v) is 12.3. The number of hydrogen-bond acceptors (Lipinski definition) is 4. The molecule has 0 amide bonds. The molecule has 1 rings (SSSR count). The molecule has 0 aliphatic heterocycles. The first kappa shape index (κ1) is 15.8. The van der Waals surface area contributed by atoms with Crippen molar-refractivity contribution in [1.29, 1.82) is 0 Å². The molecule has 0 atom stereocenters. The molecule has 1 aliphatic rings. The zero-order valence-electron chi connectivity index (χ0n) is 11.5. The second-order valence-corrected chi connectivity index (χ2v) is 6.49. The topological polar surface area (TPSA) is 70.7 Å². The maximum atomic E-state index is 11.9. The average molecular weight is 279 g/mol. The summed E-state index contributed by atoms with van der Waals surface area (Å²) >= 11 is 0. The van der Waals surface area contributed by atoms with Crippen LogP contribution in [0.5, 0.6) is 0 Å². The van der Waals surface area contributed by atoms with E-state index in [1.807, 2.05) is 6.92 Å². The highest BCUT2D eigenvalue weighted by atomic mass is 32.2. The lowest BCUT2D eigenvalue weighted by molar-refractivity contribution is 0.0232. The van der Waals surface area contributed by atoms with Crippen molar-refractivity contribution in [3.8, 4) is 0 Å². The minimum Gasteiger partial charge on any atom is -0.381 e. The van der Waals surface area contributed by atoms with E-state index in [0.29, 0.717) is 6.54 Å². The summed E-state index contributed by atoms with van der Waals surface area (Å²) in [5.74, 6) is 0. The predicted octanol–water partition coefficient (Wildman–Crippen LogP) is -0.0704. The van der Waals surface area contributed by atoms with Crippen LogP contribution in [0.4, 0.5) is 0 Å². The number of rotatable bonds is 9. The molecule has 0 aromatic carbocycles. The Morgan fingerprint density at radius 2 is 2.06 bits per heavy atom. The van der Waals surface area contributed by atoms with Gasteiger partial charge in [0.25, 0.3) is 10.2 Å². The number of methoxy groups -OCH3 is 1. The lowest BCUT2D eigenvalue weighted by Crippen LogP contribution is -2.51. The summed E-state index contributed by atoms with van der Waals surface area (Å²) in [4.78, 5) is 0. The van der Waals surface area contributed by atoms with Gasteiger partial charge >= 0.3 is 0 Å². The Labute approximate surface area is 110 Å². The Kier molecular flexibility index (Phi) is 6.51. The van der Waals surface area contributed by atoms with Crippen LogP contribution in [-0.2, 0) is 14.9 Å². The molecule has 0 aromatic heterocycles. The molecule has 0 heterocycles. The van der Waals surface area contributed by atoms with E-state index in [9.17, 15) is 8.42 Å². The standard InChI is InChI=1S/C11H25N3O3S/c1-4-12-6-5-7-14(2)18(15,16)13-10-8-11(9-10)17-3/h10-13H,4-9H2,1-3H3. The fourth-order valence-corrected chi connectivity index (χ4v) is 3.04. The largest absolute Gasteiger partial charge is 0.381 e. The van der Waals surface area contributed by atoms with Gasteiger partial charge in [-0.2, -0.15) is 17.4 Å². The van der Waals surface area contributed by atoms with Crippen LogP contribution in [0.3, 0.4) is 0 Å². The highest BCUT2D eigenvalue weighted by Gasteiger charge is 2.33. The first-order valence-electron chi connectivity index (χ1n) is 6.46. The summed E-state index contributed by atoms with van der Waals surface area (Å²) in [5, 5.41) is 3.17. The predicted molar refractivity (Wildman–Crippen MR) is 71.7 cm³/mol. The van der Waals surface area contributed by atoms with Crippen LogP contribution >= 0.6 is 0 Å². The Morgan fingerprint density at radius 3 is 2.61 bits per heavy atom. The van der Waals surface area contributed by atoms with Crippen molar-refractivity contribution in [2.24, 2.45) is 0 Å². The molecule has 0 saturated heterocycles. The minimum atomic E-state index is -3.34. The summed E-state index contributed by atoms with van der Waals surface area (Å²) in [6.07, 6.45) is 2.55. The van der Waals surface area contributed by atoms with Crippen molar-refractivity contribution in [2.45, 2.75) is 38.3 Å². The fraction of sp³-hybridized carbons (Fsp3) is 1.00. The second kappa shape index (κ2) is 7.40. The van der Waals surface area contributed by atoms with Crippen molar-refractivity contribution in [1.82, 2.24) is 14.3 Å². The summed E-state index contributed by atoms with van der Waals surface area (Å²) in [7, 11) is -0.0723. The molecule has 18 heavy (non-hydrogen) atoms. The molecular formula is C11H25N3O3S. The molecule has 7 heteroatoms. The third-order valence-electron chi connectivity index (χ3n) is 3.23. The Balaban J connectivity index is 2.25. The van der Waals surface area contributed by atoms with Crippen LogP contribution in [-0.4, -0.2) is 58.7 Å². The van der Waals surface area contributed by atoms with E-state index in [-0.39, 0.29) is 12.1 Å². The third kappa shape index (κ3) is 4.81. The van der Waals surface area contributed by atoms with Gasteiger partial charge in [-0.05, 0) is 32.4 Å². The van der Waals surface area contributed by atoms with Gasteiger partial charge in [0, 0.05) is 26.7 Å². The average Bonchev–Trinajstić information content (AvgIpc) is 2.28. The molecule has 0 unspecified atom stereocenters. The Morgan fingerprint density at radius 1 is 1.39 bits per heavy atom. The molecule has 108 valence electrons. The van der Waals surface area contributed by atoms with Gasteiger partial charge < -0.3 is 10.1 Å². The van der Waals surface area contributed by atoms with Crippen LogP contribution in [0, 0.1) is 0 Å². The van der Waals surface area contributed by atoms with E-state index >= 15 is 0 Å². The summed E-state index contributed by atoms with van der Waals surface area (Å²) in [6, 6.07) is 0.0242. The molecule has 1 fully saturated rings. The summed E-state index contributed by atoms with van der Waals surface area (Å²) in [5.41, 5.74) is 0. The highest BCUT2D eigenvalue weighted by molar-refractivity contribution is 7.87. The maximum Gasteiger partial charge on any atom is 0.279 e. The summed E-state index contributed by atoms with van der Waals surface area (Å²) < 4.78 is 33.1. The number of nitrogens with zero attached hydrogens (tertiary/aromatic N) is 1. The smallest absolute Gasteiger partial charge is 0.279 e. The van der Waals surface area contributed by atoms with Gasteiger partial charge in [-0.15, -0.1) is 0 Å². The van der Waals surface area contributed by atoms with Gasteiger partial charge in [0.2, 0.25) is 0 Å². The third-order valence-corrected chi connectivity index (χ3v) is 4.87. The zero-order chi connectivity index (χ0) is 13.6. The van der Waals surface area contributed by atoms with E-state index in [1.54, 1.807) is 14.2 Å². The van der Waals surface area contributed by atoms with Crippen molar-refractivity contribution < 1.29 is 13.2 Å². The normalized spacial score (nSPS) is 24.2. The number of nitrogens with one attached hydrogen (secondary N) is 2. The molecule has 0 aromatic rings. The molecule has 0 radical (unpaired) electrons. The van der Waals surface area contributed by atoms with Gasteiger partial charge in [-0.3, -0.25) is 0 Å². The molecule has 0 spiro atoms. The van der Waals surface area contributed by atoms with Gasteiger partial charge in [0.05, 0.1) is 6.10 Å². The fourth-order valence-electron chi connectivity index (χ4n) is 1.88. The number of hydrogen-bond donors (Lipinski definition) is 2. The van der Waals surface area contributed by atoms with Crippen molar-refractivity contribution in [3.63, 3.8) is 0 Å². The maximum absolute atomic E-state index is 11.9. The first-order valence-corrected chi connectivity index (χ1v) is 7.90. The van der Waals surface area contributed by atoms with E-state index in [4.69, 9.17) is 4.74 Å². The number of ether oxygens (including phenoxy) is 1. The molecule has 1 saturated carbocycles. The quantitative estimate of drug-likeness (QED) is 0.580. The van der Waals surface area contributed by atoms with Crippen LogP contribution in [0.15, 0.2) is 0 Å². The van der Waals surface area contributed by atoms with Crippen molar-refractivity contribution in [3.05, 3.63) is 0 Å². The van der Waals surface area contributed by atoms with E-state index < -0.39 is 10.2 Å². The Bertz CT molecular complexity index is 328. The van der Waals surface area contributed by atoms with E-state index in [0.717, 1.165) is 32.4 Å². The van der Waals surface area contributed by atoms with Crippen LogP contribution in [0.2, 0.25) is 0 Å². The monoisotopic (exact) mass is 279 g/mol. The lowest BCUT2D eigenvalue weighted by atomic mass is 9.90. The minimum absolute atomic E-state index is 0.0242. The SMILES string of the molecule is CCNCCCN(C)S(=O)(=O)NC1CC(OC)C1. The van der Waals surface area contributed by atoms with Crippen molar-refractivity contribution >= 4 is 10.2 Å². The second-order valence-electron chi connectivity index (χ2n) is 4.68. The van der Waals surface area contributed by atoms with Crippen LogP contribution in [0.25, 0.3) is 0 Å². The molecule has 1 aliphatic carbocycles. The molecule has 0 bridgehead atoms.